The van der Waals surface area contributed by atoms with E-state index in [2.05, 4.69) is 26.2 Å². The number of anilines is 2. The van der Waals surface area contributed by atoms with Crippen LogP contribution in [-0.2, 0) is 0 Å². The predicted octanol–water partition coefficient (Wildman–Crippen LogP) is 3.16. The molecule has 19 heavy (non-hydrogen) atoms. The largest absolute Gasteiger partial charge is 0.373 e. The summed E-state index contributed by atoms with van der Waals surface area (Å²) in [5, 5.41) is 2.94. The molecule has 1 aromatic heterocycles. The normalized spacial score (nSPS) is 10.1. The number of amides is 1. The van der Waals surface area contributed by atoms with Crippen molar-refractivity contribution in [3.8, 4) is 0 Å². The number of pyridine rings is 1. The number of carbonyl (C=O) groups is 1. The summed E-state index contributed by atoms with van der Waals surface area (Å²) < 4.78 is 0.784. The SMILES string of the molecule is CNc1ccc(N(C)C(=O)c2ccccc2Br)cn1. The highest BCUT2D eigenvalue weighted by atomic mass is 79.9. The number of rotatable bonds is 3. The highest BCUT2D eigenvalue weighted by Crippen LogP contribution is 2.21. The molecule has 1 N–H and O–H groups in total. The van der Waals surface area contributed by atoms with Crippen LogP contribution in [0.2, 0.25) is 0 Å². The van der Waals surface area contributed by atoms with Crippen LogP contribution in [0.15, 0.2) is 47.1 Å². The highest BCUT2D eigenvalue weighted by Gasteiger charge is 2.15. The van der Waals surface area contributed by atoms with Crippen LogP contribution in [0.4, 0.5) is 11.5 Å². The number of aromatic nitrogens is 1. The fourth-order valence-corrected chi connectivity index (χ4v) is 2.12. The predicted molar refractivity (Wildman–Crippen MR) is 80.7 cm³/mol. The van der Waals surface area contributed by atoms with Crippen LogP contribution in [0.1, 0.15) is 10.4 Å². The molecule has 0 spiro atoms. The third kappa shape index (κ3) is 2.93. The first-order chi connectivity index (χ1) is 9.13. The summed E-state index contributed by atoms with van der Waals surface area (Å²) in [6.07, 6.45) is 1.67. The van der Waals surface area contributed by atoms with Crippen molar-refractivity contribution >= 4 is 33.3 Å². The van der Waals surface area contributed by atoms with Crippen LogP contribution in [0.3, 0.4) is 0 Å². The van der Waals surface area contributed by atoms with E-state index in [0.717, 1.165) is 16.0 Å². The molecule has 0 saturated carbocycles. The Bertz CT molecular complexity index is 583. The minimum Gasteiger partial charge on any atom is -0.373 e. The Morgan fingerprint density at radius 3 is 2.58 bits per heavy atom. The van der Waals surface area contributed by atoms with Crippen molar-refractivity contribution in [3.05, 3.63) is 52.6 Å². The van der Waals surface area contributed by atoms with E-state index in [4.69, 9.17) is 0 Å². The van der Waals surface area contributed by atoms with E-state index in [1.54, 1.807) is 31.3 Å². The Morgan fingerprint density at radius 2 is 2.00 bits per heavy atom. The first kappa shape index (κ1) is 13.5. The van der Waals surface area contributed by atoms with E-state index in [-0.39, 0.29) is 5.91 Å². The molecule has 0 radical (unpaired) electrons. The van der Waals surface area contributed by atoms with Crippen molar-refractivity contribution in [2.75, 3.05) is 24.3 Å². The second-order valence-corrected chi connectivity index (χ2v) is 4.85. The number of nitrogens with zero attached hydrogens (tertiary/aromatic N) is 2. The van der Waals surface area contributed by atoms with Gasteiger partial charge in [0.15, 0.2) is 0 Å². The summed E-state index contributed by atoms with van der Waals surface area (Å²) in [7, 11) is 3.54. The van der Waals surface area contributed by atoms with Crippen molar-refractivity contribution in [1.82, 2.24) is 4.98 Å². The second kappa shape index (κ2) is 5.84. The molecular weight excluding hydrogens is 306 g/mol. The maximum absolute atomic E-state index is 12.4. The van der Waals surface area contributed by atoms with Crippen LogP contribution < -0.4 is 10.2 Å². The van der Waals surface area contributed by atoms with Crippen LogP contribution in [0.25, 0.3) is 0 Å². The standard InChI is InChI=1S/C14H14BrN3O/c1-16-13-8-7-10(9-17-13)18(2)14(19)11-5-3-4-6-12(11)15/h3-9H,1-2H3,(H,16,17). The zero-order valence-corrected chi connectivity index (χ0v) is 12.3. The van der Waals surface area contributed by atoms with Gasteiger partial charge in [0.1, 0.15) is 5.82 Å². The zero-order valence-electron chi connectivity index (χ0n) is 10.7. The molecule has 0 bridgehead atoms. The molecule has 0 unspecified atom stereocenters. The van der Waals surface area contributed by atoms with Crippen molar-refractivity contribution in [3.63, 3.8) is 0 Å². The minimum atomic E-state index is -0.0773. The van der Waals surface area contributed by atoms with Gasteiger partial charge < -0.3 is 10.2 Å². The van der Waals surface area contributed by atoms with Gasteiger partial charge in [0, 0.05) is 18.6 Å². The fraction of sp³-hybridized carbons (Fsp3) is 0.143. The van der Waals surface area contributed by atoms with E-state index in [1.807, 2.05) is 30.3 Å². The van der Waals surface area contributed by atoms with Gasteiger partial charge >= 0.3 is 0 Å². The molecule has 0 fully saturated rings. The van der Waals surface area contributed by atoms with Gasteiger partial charge in [0.2, 0.25) is 0 Å². The number of nitrogens with one attached hydrogen (secondary N) is 1. The summed E-state index contributed by atoms with van der Waals surface area (Å²) in [5.74, 6) is 0.692. The van der Waals surface area contributed by atoms with Gasteiger partial charge in [0.05, 0.1) is 17.4 Å². The van der Waals surface area contributed by atoms with E-state index < -0.39 is 0 Å². The number of benzene rings is 1. The van der Waals surface area contributed by atoms with Gasteiger partial charge in [-0.2, -0.15) is 0 Å². The van der Waals surface area contributed by atoms with Gasteiger partial charge in [-0.05, 0) is 40.2 Å². The molecule has 2 rings (SSSR count). The van der Waals surface area contributed by atoms with Crippen molar-refractivity contribution in [2.45, 2.75) is 0 Å². The van der Waals surface area contributed by atoms with Crippen LogP contribution in [0.5, 0.6) is 0 Å². The molecule has 2 aromatic rings. The Kier molecular flexibility index (Phi) is 4.16. The summed E-state index contributed by atoms with van der Waals surface area (Å²) in [6, 6.07) is 11.0. The molecule has 1 heterocycles. The Balaban J connectivity index is 2.26. The van der Waals surface area contributed by atoms with Gasteiger partial charge in [-0.15, -0.1) is 0 Å². The third-order valence-electron chi connectivity index (χ3n) is 2.80. The van der Waals surface area contributed by atoms with Crippen molar-refractivity contribution < 1.29 is 4.79 Å². The average Bonchev–Trinajstić information content (AvgIpc) is 2.46. The molecule has 5 heteroatoms. The first-order valence-electron chi connectivity index (χ1n) is 5.80. The van der Waals surface area contributed by atoms with Crippen LogP contribution >= 0.6 is 15.9 Å². The number of halogens is 1. The first-order valence-corrected chi connectivity index (χ1v) is 6.59. The molecule has 0 aliphatic heterocycles. The summed E-state index contributed by atoms with van der Waals surface area (Å²) in [6.45, 7) is 0. The summed E-state index contributed by atoms with van der Waals surface area (Å²) in [5.41, 5.74) is 1.38. The summed E-state index contributed by atoms with van der Waals surface area (Å²) in [4.78, 5) is 18.1. The van der Waals surface area contributed by atoms with Crippen molar-refractivity contribution in [1.29, 1.82) is 0 Å². The Hall–Kier alpha value is -1.88. The van der Waals surface area contributed by atoms with Crippen molar-refractivity contribution in [2.24, 2.45) is 0 Å². The lowest BCUT2D eigenvalue weighted by Gasteiger charge is -2.18. The Labute approximate surface area is 120 Å². The monoisotopic (exact) mass is 319 g/mol. The molecule has 0 atom stereocenters. The van der Waals surface area contributed by atoms with Gasteiger partial charge in [-0.25, -0.2) is 4.98 Å². The number of hydrogen-bond donors (Lipinski definition) is 1. The van der Waals surface area contributed by atoms with Crippen LogP contribution in [0, 0.1) is 0 Å². The second-order valence-electron chi connectivity index (χ2n) is 4.00. The Morgan fingerprint density at radius 1 is 1.26 bits per heavy atom. The molecule has 98 valence electrons. The average molecular weight is 320 g/mol. The molecule has 4 nitrogen and oxygen atoms in total. The topological polar surface area (TPSA) is 45.2 Å². The third-order valence-corrected chi connectivity index (χ3v) is 3.49. The van der Waals surface area contributed by atoms with Gasteiger partial charge in [0.25, 0.3) is 5.91 Å². The summed E-state index contributed by atoms with van der Waals surface area (Å²) >= 11 is 3.39. The lowest BCUT2D eigenvalue weighted by atomic mass is 10.2. The minimum absolute atomic E-state index is 0.0773. The number of hydrogen-bond acceptors (Lipinski definition) is 3. The van der Waals surface area contributed by atoms with E-state index in [0.29, 0.717) is 5.56 Å². The van der Waals surface area contributed by atoms with E-state index >= 15 is 0 Å². The fourth-order valence-electron chi connectivity index (χ4n) is 1.66. The molecule has 1 amide bonds. The van der Waals surface area contributed by atoms with E-state index in [1.165, 1.54) is 0 Å². The molecule has 0 aliphatic carbocycles. The quantitative estimate of drug-likeness (QED) is 0.945. The maximum Gasteiger partial charge on any atom is 0.259 e. The molecule has 1 aromatic carbocycles. The highest BCUT2D eigenvalue weighted by molar-refractivity contribution is 9.10. The zero-order chi connectivity index (χ0) is 13.8. The smallest absolute Gasteiger partial charge is 0.259 e. The molecule has 0 aliphatic rings. The number of carbonyl (C=O) groups excluding carboxylic acids is 1. The van der Waals surface area contributed by atoms with Crippen LogP contribution in [-0.4, -0.2) is 25.0 Å². The van der Waals surface area contributed by atoms with Gasteiger partial charge in [-0.3, -0.25) is 4.79 Å². The molecular formula is C14H14BrN3O. The van der Waals surface area contributed by atoms with E-state index in [9.17, 15) is 4.79 Å². The maximum atomic E-state index is 12.4. The lowest BCUT2D eigenvalue weighted by molar-refractivity contribution is 0.0992. The lowest BCUT2D eigenvalue weighted by Crippen LogP contribution is -2.26. The molecule has 0 saturated heterocycles. The van der Waals surface area contributed by atoms with Gasteiger partial charge in [-0.1, -0.05) is 12.1 Å².